The van der Waals surface area contributed by atoms with Crippen LogP contribution in [0.4, 0.5) is 0 Å². The Balaban J connectivity index is 2.70. The van der Waals surface area contributed by atoms with Crippen LogP contribution < -0.4 is 10.1 Å². The zero-order chi connectivity index (χ0) is 13.7. The molecule has 0 fully saturated rings. The number of aliphatic hydroxyl groups excluding tert-OH is 1. The van der Waals surface area contributed by atoms with Crippen molar-refractivity contribution in [3.05, 3.63) is 28.8 Å². The molecule has 1 aromatic carbocycles. The number of nitrogens with one attached hydrogen (secondary N) is 1. The second-order valence-corrected chi connectivity index (χ2v) is 4.81. The first-order chi connectivity index (χ1) is 8.40. The van der Waals surface area contributed by atoms with E-state index in [1.165, 1.54) is 0 Å². The van der Waals surface area contributed by atoms with E-state index < -0.39 is 6.10 Å². The maximum atomic E-state index is 11.5. The molecule has 1 aromatic rings. The number of aliphatic hydroxyl groups is 1. The summed E-state index contributed by atoms with van der Waals surface area (Å²) in [5, 5.41) is 12.8. The molecule has 0 radical (unpaired) electrons. The van der Waals surface area contributed by atoms with E-state index in [4.69, 9.17) is 16.3 Å². The monoisotopic (exact) mass is 271 g/mol. The van der Waals surface area contributed by atoms with Gasteiger partial charge in [0.1, 0.15) is 5.75 Å². The van der Waals surface area contributed by atoms with E-state index in [9.17, 15) is 9.90 Å². The second kappa shape index (κ2) is 6.61. The van der Waals surface area contributed by atoms with Crippen molar-refractivity contribution < 1.29 is 14.6 Å². The van der Waals surface area contributed by atoms with Crippen LogP contribution in [0.15, 0.2) is 18.2 Å². The average molecular weight is 272 g/mol. The maximum absolute atomic E-state index is 11.5. The standard InChI is InChI=1S/C13H18ClNO3/c1-8(2)15-13(17)7-18-12-5-4-10(14)6-11(12)9(3)16/h4-6,8-9,16H,7H2,1-3H3,(H,15,17)/t9-/m0/s1. The highest BCUT2D eigenvalue weighted by Crippen LogP contribution is 2.28. The third-order valence-electron chi connectivity index (χ3n) is 2.23. The fourth-order valence-corrected chi connectivity index (χ4v) is 1.66. The molecule has 1 rings (SSSR count). The van der Waals surface area contributed by atoms with Gasteiger partial charge >= 0.3 is 0 Å². The van der Waals surface area contributed by atoms with Gasteiger partial charge in [0.25, 0.3) is 5.91 Å². The van der Waals surface area contributed by atoms with Gasteiger partial charge in [0.05, 0.1) is 6.10 Å². The molecular formula is C13H18ClNO3. The van der Waals surface area contributed by atoms with Gasteiger partial charge in [-0.1, -0.05) is 11.6 Å². The van der Waals surface area contributed by atoms with Crippen LogP contribution >= 0.6 is 11.6 Å². The van der Waals surface area contributed by atoms with E-state index in [0.29, 0.717) is 16.3 Å². The number of amides is 1. The molecule has 18 heavy (non-hydrogen) atoms. The number of hydrogen-bond donors (Lipinski definition) is 2. The van der Waals surface area contributed by atoms with Crippen molar-refractivity contribution in [2.75, 3.05) is 6.61 Å². The van der Waals surface area contributed by atoms with Crippen LogP contribution in [0, 0.1) is 0 Å². The lowest BCUT2D eigenvalue weighted by Gasteiger charge is -2.14. The maximum Gasteiger partial charge on any atom is 0.258 e. The zero-order valence-corrected chi connectivity index (χ0v) is 11.5. The van der Waals surface area contributed by atoms with Crippen molar-refractivity contribution >= 4 is 17.5 Å². The van der Waals surface area contributed by atoms with Crippen molar-refractivity contribution in [3.63, 3.8) is 0 Å². The topological polar surface area (TPSA) is 58.6 Å². The molecule has 0 bridgehead atoms. The number of benzene rings is 1. The van der Waals surface area contributed by atoms with E-state index >= 15 is 0 Å². The van der Waals surface area contributed by atoms with Crippen LogP contribution in [-0.4, -0.2) is 23.7 Å². The van der Waals surface area contributed by atoms with Gasteiger partial charge in [0.2, 0.25) is 0 Å². The fourth-order valence-electron chi connectivity index (χ4n) is 1.48. The van der Waals surface area contributed by atoms with Crippen LogP contribution in [0.5, 0.6) is 5.75 Å². The summed E-state index contributed by atoms with van der Waals surface area (Å²) in [5.41, 5.74) is 0.569. The van der Waals surface area contributed by atoms with Gasteiger partial charge in [-0.05, 0) is 39.0 Å². The van der Waals surface area contributed by atoms with Crippen LogP contribution in [0.1, 0.15) is 32.4 Å². The Bertz CT molecular complexity index is 419. The van der Waals surface area contributed by atoms with Crippen molar-refractivity contribution in [3.8, 4) is 5.75 Å². The number of ether oxygens (including phenoxy) is 1. The van der Waals surface area contributed by atoms with Gasteiger partial charge in [-0.3, -0.25) is 4.79 Å². The molecule has 0 saturated carbocycles. The highest BCUT2D eigenvalue weighted by Gasteiger charge is 2.12. The summed E-state index contributed by atoms with van der Waals surface area (Å²) in [6.45, 7) is 5.29. The zero-order valence-electron chi connectivity index (χ0n) is 10.7. The third-order valence-corrected chi connectivity index (χ3v) is 2.47. The molecule has 0 aliphatic rings. The molecule has 0 unspecified atom stereocenters. The van der Waals surface area contributed by atoms with Crippen molar-refractivity contribution in [1.82, 2.24) is 5.32 Å². The van der Waals surface area contributed by atoms with Crippen LogP contribution in [0.2, 0.25) is 5.02 Å². The normalized spacial score (nSPS) is 12.3. The third kappa shape index (κ3) is 4.55. The SMILES string of the molecule is CC(C)NC(=O)COc1ccc(Cl)cc1[C@H](C)O. The minimum atomic E-state index is -0.702. The molecule has 0 spiro atoms. The lowest BCUT2D eigenvalue weighted by atomic mass is 10.1. The fraction of sp³-hybridized carbons (Fsp3) is 0.462. The van der Waals surface area contributed by atoms with E-state index in [0.717, 1.165) is 0 Å². The van der Waals surface area contributed by atoms with Crippen molar-refractivity contribution in [2.24, 2.45) is 0 Å². The summed E-state index contributed by atoms with van der Waals surface area (Å²) in [6.07, 6.45) is -0.702. The number of rotatable bonds is 5. The Morgan fingerprint density at radius 3 is 2.67 bits per heavy atom. The van der Waals surface area contributed by atoms with Gasteiger partial charge in [0.15, 0.2) is 6.61 Å². The summed E-state index contributed by atoms with van der Waals surface area (Å²) in [5.74, 6) is 0.268. The first-order valence-electron chi connectivity index (χ1n) is 5.80. The first-order valence-corrected chi connectivity index (χ1v) is 6.17. The van der Waals surface area contributed by atoms with Gasteiger partial charge in [-0.2, -0.15) is 0 Å². The first kappa shape index (κ1) is 14.8. The molecule has 0 aliphatic carbocycles. The Labute approximate surface area is 112 Å². The smallest absolute Gasteiger partial charge is 0.258 e. The lowest BCUT2D eigenvalue weighted by molar-refractivity contribution is -0.123. The molecule has 5 heteroatoms. The number of carbonyl (C=O) groups excluding carboxylic acids is 1. The predicted octanol–water partition coefficient (Wildman–Crippen LogP) is 2.30. The van der Waals surface area contributed by atoms with Gasteiger partial charge in [0, 0.05) is 16.6 Å². The molecule has 1 atom stereocenters. The Morgan fingerprint density at radius 1 is 1.44 bits per heavy atom. The van der Waals surface area contributed by atoms with Gasteiger partial charge in [-0.25, -0.2) is 0 Å². The van der Waals surface area contributed by atoms with E-state index in [1.54, 1.807) is 25.1 Å². The van der Waals surface area contributed by atoms with E-state index in [-0.39, 0.29) is 18.6 Å². The molecule has 2 N–H and O–H groups in total. The molecule has 4 nitrogen and oxygen atoms in total. The number of carbonyl (C=O) groups is 1. The van der Waals surface area contributed by atoms with Crippen LogP contribution in [0.25, 0.3) is 0 Å². The molecule has 1 amide bonds. The Kier molecular flexibility index (Phi) is 5.44. The molecule has 100 valence electrons. The van der Waals surface area contributed by atoms with Crippen LogP contribution in [0.3, 0.4) is 0 Å². The molecule has 0 aliphatic heterocycles. The molecule has 0 aromatic heterocycles. The van der Waals surface area contributed by atoms with Crippen molar-refractivity contribution in [1.29, 1.82) is 0 Å². The summed E-state index contributed by atoms with van der Waals surface area (Å²) < 4.78 is 5.39. The number of halogens is 1. The largest absolute Gasteiger partial charge is 0.483 e. The van der Waals surface area contributed by atoms with Gasteiger partial charge < -0.3 is 15.2 Å². The minimum absolute atomic E-state index is 0.0718. The van der Waals surface area contributed by atoms with E-state index in [1.807, 2.05) is 13.8 Å². The highest BCUT2D eigenvalue weighted by molar-refractivity contribution is 6.30. The Hall–Kier alpha value is -1.26. The molecular weight excluding hydrogens is 254 g/mol. The average Bonchev–Trinajstić information content (AvgIpc) is 2.26. The Morgan fingerprint density at radius 2 is 2.11 bits per heavy atom. The minimum Gasteiger partial charge on any atom is -0.483 e. The lowest BCUT2D eigenvalue weighted by Crippen LogP contribution is -2.34. The van der Waals surface area contributed by atoms with E-state index in [2.05, 4.69) is 5.32 Å². The highest BCUT2D eigenvalue weighted by atomic mass is 35.5. The van der Waals surface area contributed by atoms with Crippen molar-refractivity contribution in [2.45, 2.75) is 32.9 Å². The predicted molar refractivity (Wildman–Crippen MR) is 70.9 cm³/mol. The quantitative estimate of drug-likeness (QED) is 0.864. The van der Waals surface area contributed by atoms with Gasteiger partial charge in [-0.15, -0.1) is 0 Å². The second-order valence-electron chi connectivity index (χ2n) is 4.37. The summed E-state index contributed by atoms with van der Waals surface area (Å²) in [4.78, 5) is 11.5. The molecule has 0 saturated heterocycles. The van der Waals surface area contributed by atoms with Crippen LogP contribution in [-0.2, 0) is 4.79 Å². The number of hydrogen-bond acceptors (Lipinski definition) is 3. The summed E-state index contributed by atoms with van der Waals surface area (Å²) in [7, 11) is 0. The molecule has 0 heterocycles. The summed E-state index contributed by atoms with van der Waals surface area (Å²) >= 11 is 5.85. The summed E-state index contributed by atoms with van der Waals surface area (Å²) in [6, 6.07) is 5.00.